The van der Waals surface area contributed by atoms with E-state index in [0.717, 1.165) is 42.5 Å². The highest BCUT2D eigenvalue weighted by atomic mass is 35.5. The first-order chi connectivity index (χ1) is 11.1. The van der Waals surface area contributed by atoms with Crippen LogP contribution in [0.25, 0.3) is 0 Å². The van der Waals surface area contributed by atoms with Gasteiger partial charge in [-0.05, 0) is 17.5 Å². The maximum Gasteiger partial charge on any atom is 0.240 e. The Morgan fingerprint density at radius 1 is 1.38 bits per heavy atom. The van der Waals surface area contributed by atoms with E-state index in [1.807, 2.05) is 18.2 Å². The number of piperazine rings is 1. The summed E-state index contributed by atoms with van der Waals surface area (Å²) in [4.78, 5) is 6.87. The van der Waals surface area contributed by atoms with Crippen molar-refractivity contribution in [2.24, 2.45) is 5.92 Å². The first kappa shape index (κ1) is 19.2. The van der Waals surface area contributed by atoms with Gasteiger partial charge in [0.05, 0.1) is 6.54 Å². The van der Waals surface area contributed by atoms with Crippen LogP contribution in [0.5, 0.6) is 0 Å². The molecule has 1 aliphatic heterocycles. The van der Waals surface area contributed by atoms with Crippen molar-refractivity contribution in [1.29, 1.82) is 0 Å². The molecule has 2 heterocycles. The smallest absolute Gasteiger partial charge is 0.240 e. The minimum absolute atomic E-state index is 0. The molecule has 0 aliphatic carbocycles. The number of nitrogens with zero attached hydrogens (tertiary/aromatic N) is 3. The van der Waals surface area contributed by atoms with Crippen LogP contribution in [-0.2, 0) is 13.0 Å². The van der Waals surface area contributed by atoms with Crippen molar-refractivity contribution >= 4 is 24.0 Å². The van der Waals surface area contributed by atoms with Gasteiger partial charge in [0.25, 0.3) is 0 Å². The van der Waals surface area contributed by atoms with Gasteiger partial charge in [0.1, 0.15) is 0 Å². The molecule has 24 heavy (non-hydrogen) atoms. The molecule has 0 spiro atoms. The van der Waals surface area contributed by atoms with E-state index in [4.69, 9.17) is 16.1 Å². The van der Waals surface area contributed by atoms with Crippen LogP contribution in [0, 0.1) is 5.92 Å². The molecule has 3 rings (SSSR count). The highest BCUT2D eigenvalue weighted by Gasteiger charge is 2.27. The van der Waals surface area contributed by atoms with E-state index in [1.165, 1.54) is 0 Å². The molecule has 0 radical (unpaired) electrons. The van der Waals surface area contributed by atoms with Crippen molar-refractivity contribution < 1.29 is 4.52 Å². The third-order valence-corrected chi connectivity index (χ3v) is 4.40. The summed E-state index contributed by atoms with van der Waals surface area (Å²) < 4.78 is 5.43. The van der Waals surface area contributed by atoms with Gasteiger partial charge in [-0.15, -0.1) is 12.4 Å². The Balaban J connectivity index is 0.00000208. The summed E-state index contributed by atoms with van der Waals surface area (Å²) in [5, 5.41) is 8.33. The van der Waals surface area contributed by atoms with Crippen molar-refractivity contribution in [3.63, 3.8) is 0 Å². The Hall–Kier alpha value is -1.14. The predicted molar refractivity (Wildman–Crippen MR) is 97.6 cm³/mol. The number of hydrogen-bond acceptors (Lipinski definition) is 5. The Labute approximate surface area is 154 Å². The lowest BCUT2D eigenvalue weighted by molar-refractivity contribution is 0.135. The van der Waals surface area contributed by atoms with Crippen molar-refractivity contribution in [3.8, 4) is 0 Å². The lowest BCUT2D eigenvalue weighted by Gasteiger charge is -2.35. The third kappa shape index (κ3) is 4.70. The van der Waals surface area contributed by atoms with E-state index in [0.29, 0.717) is 18.4 Å². The molecule has 1 fully saturated rings. The van der Waals surface area contributed by atoms with Crippen LogP contribution in [0.15, 0.2) is 28.8 Å². The van der Waals surface area contributed by atoms with Gasteiger partial charge in [-0.2, -0.15) is 4.98 Å². The molecule has 0 amide bonds. The zero-order chi connectivity index (χ0) is 16.2. The van der Waals surface area contributed by atoms with Crippen LogP contribution in [0.1, 0.15) is 37.2 Å². The number of aromatic nitrogens is 2. The Kier molecular flexibility index (Phi) is 7.04. The van der Waals surface area contributed by atoms with Crippen LogP contribution in [-0.4, -0.2) is 34.7 Å². The second-order valence-corrected chi connectivity index (χ2v) is 6.82. The number of rotatable bonds is 5. The molecule has 1 unspecified atom stereocenters. The molecule has 1 saturated heterocycles. The van der Waals surface area contributed by atoms with Gasteiger partial charge in [-0.25, -0.2) is 0 Å². The van der Waals surface area contributed by atoms with Crippen LogP contribution in [0.3, 0.4) is 0 Å². The van der Waals surface area contributed by atoms with Gasteiger partial charge in [-0.3, -0.25) is 4.90 Å². The zero-order valence-corrected chi connectivity index (χ0v) is 15.6. The molecule has 1 atom stereocenters. The summed E-state index contributed by atoms with van der Waals surface area (Å²) in [7, 11) is 0. The summed E-state index contributed by atoms with van der Waals surface area (Å²) >= 11 is 6.38. The summed E-state index contributed by atoms with van der Waals surface area (Å²) in [6, 6.07) is 8.24. The minimum Gasteiger partial charge on any atom is -0.338 e. The molecule has 1 aromatic heterocycles. The standard InChI is InChI=1S/C17H23ClN4O.ClH/c1-12(2)9-16-20-17(23-21-16)11-22-8-7-19-10-15(22)13-5-3-4-6-14(13)18;/h3-6,12,15,19H,7-11H2,1-2H3;1H. The molecule has 1 aliphatic rings. The monoisotopic (exact) mass is 370 g/mol. The molecule has 0 bridgehead atoms. The van der Waals surface area contributed by atoms with Gasteiger partial charge in [0, 0.05) is 37.1 Å². The summed E-state index contributed by atoms with van der Waals surface area (Å²) in [5.74, 6) is 1.99. The fraction of sp³-hybridized carbons (Fsp3) is 0.529. The number of hydrogen-bond donors (Lipinski definition) is 1. The average molecular weight is 371 g/mol. The van der Waals surface area contributed by atoms with E-state index in [-0.39, 0.29) is 18.4 Å². The van der Waals surface area contributed by atoms with Gasteiger partial charge < -0.3 is 9.84 Å². The average Bonchev–Trinajstić information content (AvgIpc) is 2.95. The molecule has 132 valence electrons. The Bertz CT molecular complexity index is 647. The Morgan fingerprint density at radius 2 is 2.17 bits per heavy atom. The summed E-state index contributed by atoms with van der Waals surface area (Å²) in [6.45, 7) is 7.71. The lowest BCUT2D eigenvalue weighted by Crippen LogP contribution is -2.45. The van der Waals surface area contributed by atoms with Crippen molar-refractivity contribution in [3.05, 3.63) is 46.6 Å². The third-order valence-electron chi connectivity index (χ3n) is 4.06. The highest BCUT2D eigenvalue weighted by Crippen LogP contribution is 2.29. The SMILES string of the molecule is CC(C)Cc1noc(CN2CCNCC2c2ccccc2Cl)n1.Cl. The van der Waals surface area contributed by atoms with Gasteiger partial charge in [0.2, 0.25) is 5.89 Å². The molecule has 1 aromatic carbocycles. The molecule has 1 N–H and O–H groups in total. The normalized spacial score (nSPS) is 18.6. The first-order valence-electron chi connectivity index (χ1n) is 8.14. The van der Waals surface area contributed by atoms with E-state index in [9.17, 15) is 0 Å². The van der Waals surface area contributed by atoms with E-state index < -0.39 is 0 Å². The van der Waals surface area contributed by atoms with Crippen LogP contribution >= 0.6 is 24.0 Å². The summed E-state index contributed by atoms with van der Waals surface area (Å²) in [5.41, 5.74) is 1.14. The highest BCUT2D eigenvalue weighted by molar-refractivity contribution is 6.31. The molecular formula is C17H24Cl2N4O. The van der Waals surface area contributed by atoms with Crippen molar-refractivity contribution in [1.82, 2.24) is 20.4 Å². The molecule has 0 saturated carbocycles. The first-order valence-corrected chi connectivity index (χ1v) is 8.52. The molecule has 2 aromatic rings. The maximum absolute atomic E-state index is 6.38. The molecular weight excluding hydrogens is 347 g/mol. The van der Waals surface area contributed by atoms with Crippen LogP contribution in [0.4, 0.5) is 0 Å². The van der Waals surface area contributed by atoms with Crippen molar-refractivity contribution in [2.75, 3.05) is 19.6 Å². The largest absolute Gasteiger partial charge is 0.338 e. The predicted octanol–water partition coefficient (Wildman–Crippen LogP) is 3.49. The van der Waals surface area contributed by atoms with E-state index in [1.54, 1.807) is 0 Å². The van der Waals surface area contributed by atoms with Crippen LogP contribution < -0.4 is 5.32 Å². The van der Waals surface area contributed by atoms with E-state index >= 15 is 0 Å². The van der Waals surface area contributed by atoms with Gasteiger partial charge >= 0.3 is 0 Å². The topological polar surface area (TPSA) is 54.2 Å². The van der Waals surface area contributed by atoms with Gasteiger partial charge in [0.15, 0.2) is 5.82 Å². The molecule has 7 heteroatoms. The quantitative estimate of drug-likeness (QED) is 0.872. The van der Waals surface area contributed by atoms with Crippen molar-refractivity contribution in [2.45, 2.75) is 32.9 Å². The van der Waals surface area contributed by atoms with Crippen LogP contribution in [0.2, 0.25) is 5.02 Å². The number of halogens is 2. The second-order valence-electron chi connectivity index (χ2n) is 6.41. The number of nitrogens with one attached hydrogen (secondary N) is 1. The fourth-order valence-corrected chi connectivity index (χ4v) is 3.23. The maximum atomic E-state index is 6.38. The van der Waals surface area contributed by atoms with E-state index in [2.05, 4.69) is 40.3 Å². The van der Waals surface area contributed by atoms with Gasteiger partial charge in [-0.1, -0.05) is 48.8 Å². The summed E-state index contributed by atoms with van der Waals surface area (Å²) in [6.07, 6.45) is 0.846. The zero-order valence-electron chi connectivity index (χ0n) is 14.0. The lowest BCUT2D eigenvalue weighted by atomic mass is 10.0. The fourth-order valence-electron chi connectivity index (χ4n) is 2.96. The Morgan fingerprint density at radius 3 is 2.92 bits per heavy atom. The number of benzene rings is 1. The second kappa shape index (κ2) is 8.81. The molecule has 5 nitrogen and oxygen atoms in total. The minimum atomic E-state index is 0.